The summed E-state index contributed by atoms with van der Waals surface area (Å²) in [6.07, 6.45) is -0.556. The van der Waals surface area contributed by atoms with Crippen molar-refractivity contribution in [3.05, 3.63) is 53.3 Å². The first kappa shape index (κ1) is 15.1. The van der Waals surface area contributed by atoms with Crippen molar-refractivity contribution in [2.24, 2.45) is 0 Å². The van der Waals surface area contributed by atoms with Crippen molar-refractivity contribution >= 4 is 0 Å². The number of alkyl halides is 3. The predicted molar refractivity (Wildman–Crippen MR) is 77.3 cm³/mol. The summed E-state index contributed by atoms with van der Waals surface area (Å²) in [4.78, 5) is 2.10. The van der Waals surface area contributed by atoms with Gasteiger partial charge in [0.15, 0.2) is 0 Å². The summed E-state index contributed by atoms with van der Waals surface area (Å²) in [5.74, 6) is 0.314. The summed E-state index contributed by atoms with van der Waals surface area (Å²) in [7, 11) is 0. The number of hydrogen-bond donors (Lipinski definition) is 1. The van der Waals surface area contributed by atoms with Crippen LogP contribution in [0.2, 0.25) is 0 Å². The topological polar surface area (TPSA) is 31.9 Å². The molecule has 0 unspecified atom stereocenters. The molecule has 1 aromatic carbocycles. The van der Waals surface area contributed by atoms with Gasteiger partial charge in [-0.05, 0) is 37.1 Å². The van der Waals surface area contributed by atoms with Gasteiger partial charge in [0, 0.05) is 30.9 Å². The number of H-pyrrole nitrogens is 1. The predicted octanol–water partition coefficient (Wildman–Crippen LogP) is 3.81. The number of likely N-dealkylation sites (tertiary alicyclic amines) is 1. The van der Waals surface area contributed by atoms with Gasteiger partial charge >= 0.3 is 6.18 Å². The lowest BCUT2D eigenvalue weighted by Crippen LogP contribution is -2.34. The zero-order valence-electron chi connectivity index (χ0n) is 12.1. The molecule has 0 amide bonds. The van der Waals surface area contributed by atoms with Gasteiger partial charge in [-0.25, -0.2) is 0 Å². The van der Waals surface area contributed by atoms with E-state index in [2.05, 4.69) is 15.1 Å². The zero-order valence-corrected chi connectivity index (χ0v) is 12.1. The number of hydrogen-bond acceptors (Lipinski definition) is 2. The van der Waals surface area contributed by atoms with Crippen molar-refractivity contribution in [1.82, 2.24) is 15.1 Å². The van der Waals surface area contributed by atoms with E-state index in [0.717, 1.165) is 37.7 Å². The molecule has 1 fully saturated rings. The fourth-order valence-corrected chi connectivity index (χ4v) is 3.12. The third kappa shape index (κ3) is 3.32. The van der Waals surface area contributed by atoms with E-state index in [9.17, 15) is 13.2 Å². The van der Waals surface area contributed by atoms with Crippen LogP contribution in [-0.4, -0.2) is 28.2 Å². The van der Waals surface area contributed by atoms with Gasteiger partial charge in [-0.15, -0.1) is 0 Å². The Morgan fingerprint density at radius 3 is 2.77 bits per heavy atom. The minimum Gasteiger partial charge on any atom is -0.298 e. The SMILES string of the molecule is FC(F)(F)c1ccccc1CN1CCC[C@@H](c2ccn[nH]2)C1. The molecule has 0 bridgehead atoms. The molecule has 1 N–H and O–H groups in total. The van der Waals surface area contributed by atoms with Gasteiger partial charge in [0.25, 0.3) is 0 Å². The molecular formula is C16H18F3N3. The quantitative estimate of drug-likeness (QED) is 0.935. The van der Waals surface area contributed by atoms with Crippen molar-refractivity contribution < 1.29 is 13.2 Å². The Labute approximate surface area is 127 Å². The maximum atomic E-state index is 13.1. The number of halogens is 3. The highest BCUT2D eigenvalue weighted by Crippen LogP contribution is 2.33. The minimum absolute atomic E-state index is 0.314. The molecule has 1 aromatic heterocycles. The molecule has 1 saturated heterocycles. The third-order valence-electron chi connectivity index (χ3n) is 4.18. The Morgan fingerprint density at radius 2 is 2.05 bits per heavy atom. The number of nitrogens with zero attached hydrogens (tertiary/aromatic N) is 2. The summed E-state index contributed by atoms with van der Waals surface area (Å²) in [6.45, 7) is 1.92. The highest BCUT2D eigenvalue weighted by Gasteiger charge is 2.33. The second-order valence-electron chi connectivity index (χ2n) is 5.74. The first-order valence-electron chi connectivity index (χ1n) is 7.41. The standard InChI is InChI=1S/C16H18F3N3/c17-16(18,19)14-6-2-1-4-12(14)10-22-9-3-5-13(11-22)15-7-8-20-21-15/h1-2,4,6-8,13H,3,5,9-11H2,(H,20,21)/t13-/m1/s1. The molecule has 1 aliphatic heterocycles. The summed E-state index contributed by atoms with van der Waals surface area (Å²) in [5, 5.41) is 6.93. The molecule has 1 aliphatic rings. The van der Waals surface area contributed by atoms with E-state index in [0.29, 0.717) is 18.0 Å². The summed E-state index contributed by atoms with van der Waals surface area (Å²) < 4.78 is 39.2. The van der Waals surface area contributed by atoms with E-state index in [4.69, 9.17) is 0 Å². The Hall–Kier alpha value is -1.82. The van der Waals surface area contributed by atoms with Crippen molar-refractivity contribution in [3.63, 3.8) is 0 Å². The molecule has 0 spiro atoms. The van der Waals surface area contributed by atoms with Crippen LogP contribution >= 0.6 is 0 Å². The van der Waals surface area contributed by atoms with Crippen LogP contribution in [0.1, 0.15) is 35.6 Å². The lowest BCUT2D eigenvalue weighted by Gasteiger charge is -2.32. The van der Waals surface area contributed by atoms with Crippen LogP contribution in [-0.2, 0) is 12.7 Å². The minimum atomic E-state index is -4.30. The molecule has 22 heavy (non-hydrogen) atoms. The van der Waals surface area contributed by atoms with E-state index in [1.54, 1.807) is 18.3 Å². The van der Waals surface area contributed by atoms with Crippen LogP contribution in [0.5, 0.6) is 0 Å². The Bertz CT molecular complexity index is 607. The van der Waals surface area contributed by atoms with E-state index in [1.165, 1.54) is 6.07 Å². The van der Waals surface area contributed by atoms with Crippen LogP contribution in [0, 0.1) is 0 Å². The molecule has 2 aromatic rings. The average molecular weight is 309 g/mol. The number of aromatic amines is 1. The van der Waals surface area contributed by atoms with Gasteiger partial charge in [0.05, 0.1) is 5.56 Å². The average Bonchev–Trinajstić information content (AvgIpc) is 3.01. The van der Waals surface area contributed by atoms with Gasteiger partial charge < -0.3 is 0 Å². The van der Waals surface area contributed by atoms with Crippen molar-refractivity contribution in [1.29, 1.82) is 0 Å². The molecule has 6 heteroatoms. The van der Waals surface area contributed by atoms with Gasteiger partial charge in [-0.2, -0.15) is 18.3 Å². The van der Waals surface area contributed by atoms with Crippen LogP contribution in [0.3, 0.4) is 0 Å². The lowest BCUT2D eigenvalue weighted by molar-refractivity contribution is -0.138. The van der Waals surface area contributed by atoms with Crippen molar-refractivity contribution in [2.45, 2.75) is 31.5 Å². The fourth-order valence-electron chi connectivity index (χ4n) is 3.12. The summed E-state index contributed by atoms with van der Waals surface area (Å²) in [6, 6.07) is 7.78. The van der Waals surface area contributed by atoms with E-state index < -0.39 is 11.7 Å². The molecule has 2 heterocycles. The van der Waals surface area contributed by atoms with Crippen molar-refractivity contribution in [2.75, 3.05) is 13.1 Å². The summed E-state index contributed by atoms with van der Waals surface area (Å²) >= 11 is 0. The monoisotopic (exact) mass is 309 g/mol. The van der Waals surface area contributed by atoms with Crippen LogP contribution in [0.15, 0.2) is 36.5 Å². The molecule has 1 atom stereocenters. The van der Waals surface area contributed by atoms with E-state index >= 15 is 0 Å². The Morgan fingerprint density at radius 1 is 1.23 bits per heavy atom. The lowest BCUT2D eigenvalue weighted by atomic mass is 9.94. The van der Waals surface area contributed by atoms with Gasteiger partial charge in [0.2, 0.25) is 0 Å². The first-order chi connectivity index (χ1) is 10.5. The fraction of sp³-hybridized carbons (Fsp3) is 0.438. The second kappa shape index (κ2) is 6.12. The van der Waals surface area contributed by atoms with Gasteiger partial charge in [-0.1, -0.05) is 18.2 Å². The smallest absolute Gasteiger partial charge is 0.298 e. The van der Waals surface area contributed by atoms with Gasteiger partial charge in [-0.3, -0.25) is 10.00 Å². The van der Waals surface area contributed by atoms with Crippen LogP contribution < -0.4 is 0 Å². The van der Waals surface area contributed by atoms with E-state index in [-0.39, 0.29) is 0 Å². The summed E-state index contributed by atoms with van der Waals surface area (Å²) in [5.41, 5.74) is 0.882. The zero-order chi connectivity index (χ0) is 15.6. The number of benzene rings is 1. The maximum absolute atomic E-state index is 13.1. The number of piperidine rings is 1. The molecule has 0 radical (unpaired) electrons. The second-order valence-corrected chi connectivity index (χ2v) is 5.74. The molecule has 3 rings (SSSR count). The molecule has 118 valence electrons. The highest BCUT2D eigenvalue weighted by atomic mass is 19.4. The van der Waals surface area contributed by atoms with Crippen molar-refractivity contribution in [3.8, 4) is 0 Å². The number of aromatic nitrogens is 2. The highest BCUT2D eigenvalue weighted by molar-refractivity contribution is 5.29. The first-order valence-corrected chi connectivity index (χ1v) is 7.41. The Balaban J connectivity index is 1.74. The number of nitrogens with one attached hydrogen (secondary N) is 1. The molecule has 0 saturated carbocycles. The third-order valence-corrected chi connectivity index (χ3v) is 4.18. The normalized spacial score (nSPS) is 20.2. The van der Waals surface area contributed by atoms with Crippen LogP contribution in [0.25, 0.3) is 0 Å². The number of rotatable bonds is 3. The molecule has 0 aliphatic carbocycles. The van der Waals surface area contributed by atoms with Crippen LogP contribution in [0.4, 0.5) is 13.2 Å². The van der Waals surface area contributed by atoms with E-state index in [1.807, 2.05) is 6.07 Å². The largest absolute Gasteiger partial charge is 0.416 e. The maximum Gasteiger partial charge on any atom is 0.416 e. The van der Waals surface area contributed by atoms with Gasteiger partial charge in [0.1, 0.15) is 0 Å². The molecule has 3 nitrogen and oxygen atoms in total. The molecular weight excluding hydrogens is 291 g/mol. The Kier molecular flexibility index (Phi) is 4.20.